The van der Waals surface area contributed by atoms with E-state index >= 15 is 0 Å². The van der Waals surface area contributed by atoms with Crippen LogP contribution in [0.4, 0.5) is 11.4 Å². The van der Waals surface area contributed by atoms with E-state index in [-0.39, 0.29) is 0 Å². The molecule has 0 atom stereocenters. The van der Waals surface area contributed by atoms with Crippen LogP contribution < -0.4 is 0 Å². The van der Waals surface area contributed by atoms with E-state index < -0.39 is 0 Å². The van der Waals surface area contributed by atoms with Gasteiger partial charge in [0.2, 0.25) is 0 Å². The zero-order chi connectivity index (χ0) is 34.5. The van der Waals surface area contributed by atoms with Crippen LogP contribution in [0, 0.1) is 24.5 Å². The van der Waals surface area contributed by atoms with E-state index in [4.69, 9.17) is 13.1 Å². The first-order valence-electron chi connectivity index (χ1n) is 16.6. The fourth-order valence-electron chi connectivity index (χ4n) is 7.68. The van der Waals surface area contributed by atoms with Crippen molar-refractivity contribution in [1.29, 1.82) is 5.26 Å². The van der Waals surface area contributed by atoms with Crippen molar-refractivity contribution < 1.29 is 0 Å². The Labute approximate surface area is 294 Å². The maximum absolute atomic E-state index is 9.57. The lowest BCUT2D eigenvalue weighted by atomic mass is 9.85. The maximum atomic E-state index is 9.57. The lowest BCUT2D eigenvalue weighted by Crippen LogP contribution is -1.95. The molecule has 1 heterocycles. The lowest BCUT2D eigenvalue weighted by molar-refractivity contribution is 1.18. The fraction of sp³-hybridized carbons (Fsp3) is 0. The molecular weight excluding hydrogens is 621 g/mol. The molecule has 0 unspecified atom stereocenters. The Bertz CT molecular complexity index is 2890. The van der Waals surface area contributed by atoms with Gasteiger partial charge in [-0.1, -0.05) is 121 Å². The SMILES string of the molecule is [C-]#[N+]c1cc(-n2c3ccccc3c3cc(C#N)ccc32)cc([N+]#[C-])c1-c1ccc(-c2c3ccccc3c(-c3ccccc3)c3ccccc23)cc1. The molecule has 0 fully saturated rings. The van der Waals surface area contributed by atoms with Gasteiger partial charge in [-0.25, -0.2) is 9.69 Å². The molecule has 4 heteroatoms. The Morgan fingerprint density at radius 1 is 0.431 bits per heavy atom. The highest BCUT2D eigenvalue weighted by Crippen LogP contribution is 2.46. The summed E-state index contributed by atoms with van der Waals surface area (Å²) in [7, 11) is 0. The largest absolute Gasteiger partial charge is 0.312 e. The predicted molar refractivity (Wildman–Crippen MR) is 209 cm³/mol. The summed E-state index contributed by atoms with van der Waals surface area (Å²) in [6, 6.07) is 55.7. The summed E-state index contributed by atoms with van der Waals surface area (Å²) in [4.78, 5) is 7.93. The van der Waals surface area contributed by atoms with Crippen LogP contribution in [0.1, 0.15) is 5.56 Å². The number of para-hydroxylation sites is 1. The minimum atomic E-state index is 0.411. The van der Waals surface area contributed by atoms with Crippen LogP contribution in [0.3, 0.4) is 0 Å². The number of nitrogens with zero attached hydrogens (tertiary/aromatic N) is 4. The smallest absolute Gasteiger partial charge is 0.186 e. The first kappa shape index (κ1) is 29.7. The van der Waals surface area contributed by atoms with Crippen molar-refractivity contribution in [1.82, 2.24) is 4.57 Å². The summed E-state index contributed by atoms with van der Waals surface area (Å²) in [5, 5.41) is 16.3. The predicted octanol–water partition coefficient (Wildman–Crippen LogP) is 13.1. The second-order valence-electron chi connectivity index (χ2n) is 12.6. The minimum Gasteiger partial charge on any atom is -0.312 e. The number of hydrogen-bond donors (Lipinski definition) is 0. The fourth-order valence-corrected chi connectivity index (χ4v) is 7.68. The molecule has 0 aliphatic heterocycles. The summed E-state index contributed by atoms with van der Waals surface area (Å²) in [6.45, 7) is 16.5. The summed E-state index contributed by atoms with van der Waals surface area (Å²) in [5.41, 5.74) is 10.1. The molecule has 0 bridgehead atoms. The van der Waals surface area contributed by atoms with E-state index in [0.29, 0.717) is 22.5 Å². The van der Waals surface area contributed by atoms with Crippen molar-refractivity contribution in [3.05, 3.63) is 186 Å². The van der Waals surface area contributed by atoms with Gasteiger partial charge in [0.05, 0.1) is 35.8 Å². The molecule has 9 rings (SSSR count). The molecule has 234 valence electrons. The highest BCUT2D eigenvalue weighted by molar-refractivity contribution is 6.21. The van der Waals surface area contributed by atoms with Gasteiger partial charge in [-0.05, 0) is 91.3 Å². The van der Waals surface area contributed by atoms with E-state index in [0.717, 1.165) is 44.2 Å². The summed E-state index contributed by atoms with van der Waals surface area (Å²) < 4.78 is 2.08. The molecule has 0 N–H and O–H groups in total. The van der Waals surface area contributed by atoms with Gasteiger partial charge >= 0.3 is 0 Å². The van der Waals surface area contributed by atoms with Crippen LogP contribution >= 0.6 is 0 Å². The molecule has 0 amide bonds. The van der Waals surface area contributed by atoms with Crippen LogP contribution in [0.15, 0.2) is 158 Å². The highest BCUT2D eigenvalue weighted by atomic mass is 15.0. The topological polar surface area (TPSA) is 37.4 Å². The van der Waals surface area contributed by atoms with Crippen molar-refractivity contribution in [2.45, 2.75) is 0 Å². The number of nitriles is 1. The molecule has 0 saturated carbocycles. The van der Waals surface area contributed by atoms with Crippen LogP contribution in [-0.2, 0) is 0 Å². The van der Waals surface area contributed by atoms with Crippen LogP contribution in [0.5, 0.6) is 0 Å². The Morgan fingerprint density at radius 3 is 1.41 bits per heavy atom. The molecule has 4 nitrogen and oxygen atoms in total. The zero-order valence-electron chi connectivity index (χ0n) is 27.3. The third-order valence-corrected chi connectivity index (χ3v) is 9.84. The molecule has 0 aliphatic carbocycles. The molecular formula is C47H26N4. The Kier molecular flexibility index (Phi) is 6.93. The van der Waals surface area contributed by atoms with E-state index in [1.54, 1.807) is 6.07 Å². The Morgan fingerprint density at radius 2 is 0.882 bits per heavy atom. The van der Waals surface area contributed by atoms with Gasteiger partial charge in [0.25, 0.3) is 0 Å². The second-order valence-corrected chi connectivity index (χ2v) is 12.6. The molecule has 1 aromatic heterocycles. The Hall–Kier alpha value is -7.45. The average Bonchev–Trinajstić information content (AvgIpc) is 3.53. The van der Waals surface area contributed by atoms with Gasteiger partial charge < -0.3 is 4.57 Å². The summed E-state index contributed by atoms with van der Waals surface area (Å²) in [6.07, 6.45) is 0. The average molecular weight is 647 g/mol. The number of benzene rings is 8. The third kappa shape index (κ3) is 4.66. The van der Waals surface area contributed by atoms with Gasteiger partial charge in [0.1, 0.15) is 0 Å². The van der Waals surface area contributed by atoms with Gasteiger partial charge in [-0.3, -0.25) is 0 Å². The molecule has 9 aromatic rings. The molecule has 0 aliphatic rings. The first-order chi connectivity index (χ1) is 25.2. The molecule has 0 spiro atoms. The van der Waals surface area contributed by atoms with Crippen molar-refractivity contribution in [3.8, 4) is 45.1 Å². The number of hydrogen-bond acceptors (Lipinski definition) is 1. The third-order valence-electron chi connectivity index (χ3n) is 9.84. The van der Waals surface area contributed by atoms with E-state index in [9.17, 15) is 5.26 Å². The molecule has 51 heavy (non-hydrogen) atoms. The number of fused-ring (bicyclic) bond motifs is 5. The van der Waals surface area contributed by atoms with Crippen molar-refractivity contribution in [2.24, 2.45) is 0 Å². The van der Waals surface area contributed by atoms with Gasteiger partial charge in [-0.2, -0.15) is 5.26 Å². The molecule has 8 aromatic carbocycles. The standard InChI is InChI=1S/C47H26N4/c1-49-41-27-34(51-43-19-11-10-14-35(43)40-26-30(29-48)20-25-44(40)51)28-42(50-2)47(41)33-23-21-32(22-24-33)46-38-17-8-6-15-36(38)45(31-12-4-3-5-13-31)37-16-7-9-18-39(37)46/h3-28H. The summed E-state index contributed by atoms with van der Waals surface area (Å²) in [5.74, 6) is 0. The highest BCUT2D eigenvalue weighted by Gasteiger charge is 2.20. The van der Waals surface area contributed by atoms with Crippen LogP contribution in [-0.4, -0.2) is 4.57 Å². The van der Waals surface area contributed by atoms with E-state index in [1.165, 1.54) is 32.7 Å². The lowest BCUT2D eigenvalue weighted by Gasteiger charge is -2.18. The molecule has 0 radical (unpaired) electrons. The monoisotopic (exact) mass is 646 g/mol. The normalized spacial score (nSPS) is 11.1. The van der Waals surface area contributed by atoms with E-state index in [1.807, 2.05) is 66.7 Å². The van der Waals surface area contributed by atoms with Crippen molar-refractivity contribution in [3.63, 3.8) is 0 Å². The number of rotatable bonds is 4. The van der Waals surface area contributed by atoms with E-state index in [2.05, 4.69) is 105 Å². The van der Waals surface area contributed by atoms with Crippen LogP contribution in [0.25, 0.3) is 92.1 Å². The second kappa shape index (κ2) is 11.9. The number of aromatic nitrogens is 1. The van der Waals surface area contributed by atoms with Gasteiger partial charge in [0.15, 0.2) is 11.4 Å². The summed E-state index contributed by atoms with van der Waals surface area (Å²) >= 11 is 0. The molecule has 0 saturated heterocycles. The minimum absolute atomic E-state index is 0.411. The maximum Gasteiger partial charge on any atom is 0.186 e. The van der Waals surface area contributed by atoms with Crippen molar-refractivity contribution in [2.75, 3.05) is 0 Å². The first-order valence-corrected chi connectivity index (χ1v) is 16.6. The quantitative estimate of drug-likeness (QED) is 0.138. The van der Waals surface area contributed by atoms with Crippen molar-refractivity contribution >= 4 is 54.7 Å². The van der Waals surface area contributed by atoms with Crippen LogP contribution in [0.2, 0.25) is 0 Å². The zero-order valence-corrected chi connectivity index (χ0v) is 27.3. The van der Waals surface area contributed by atoms with Gasteiger partial charge in [0, 0.05) is 16.5 Å². The van der Waals surface area contributed by atoms with Gasteiger partial charge in [-0.15, -0.1) is 0 Å². The Balaban J connectivity index is 1.21.